The highest BCUT2D eigenvalue weighted by molar-refractivity contribution is 5.37. The average Bonchev–Trinajstić information content (AvgIpc) is 2.26. The van der Waals surface area contributed by atoms with Crippen molar-refractivity contribution in [2.45, 2.75) is 19.8 Å². The number of aryl methyl sites for hydroxylation is 1. The molecule has 15 heavy (non-hydrogen) atoms. The van der Waals surface area contributed by atoms with E-state index >= 15 is 0 Å². The molecule has 1 rings (SSSR count). The molecule has 0 amide bonds. The molecular formula is C11H17N3O. The minimum Gasteiger partial charge on any atom is -0.473 e. The average molecular weight is 207 g/mol. The van der Waals surface area contributed by atoms with Gasteiger partial charge < -0.3 is 10.1 Å². The molecule has 1 aromatic rings. The Hall–Kier alpha value is -1.58. The molecule has 0 aliphatic carbocycles. The molecule has 4 heteroatoms. The van der Waals surface area contributed by atoms with E-state index in [-0.39, 0.29) is 0 Å². The molecule has 1 aromatic heterocycles. The fraction of sp³-hybridized carbons (Fsp3) is 0.455. The first-order valence-corrected chi connectivity index (χ1v) is 5.09. The zero-order chi connectivity index (χ0) is 11.1. The summed E-state index contributed by atoms with van der Waals surface area (Å²) in [4.78, 5) is 8.61. The third-order valence-electron chi connectivity index (χ3n) is 1.83. The van der Waals surface area contributed by atoms with Crippen LogP contribution in [0.15, 0.2) is 18.7 Å². The van der Waals surface area contributed by atoms with E-state index in [0.29, 0.717) is 12.5 Å². The standard InChI is InChI=1S/C11H17N3O/c1-4-6-9-13-10(12-3)8-11(14-9)15-7-5-2/h5,8H,2,4,6-7H2,1,3H3,(H,12,13,14). The summed E-state index contributed by atoms with van der Waals surface area (Å²) in [5.74, 6) is 2.19. The van der Waals surface area contributed by atoms with Crippen LogP contribution in [0.4, 0.5) is 5.82 Å². The Morgan fingerprint density at radius 1 is 1.53 bits per heavy atom. The normalized spacial score (nSPS) is 9.73. The predicted octanol–water partition coefficient (Wildman–Crippen LogP) is 2.04. The third-order valence-corrected chi connectivity index (χ3v) is 1.83. The number of nitrogens with zero attached hydrogens (tertiary/aromatic N) is 2. The summed E-state index contributed by atoms with van der Waals surface area (Å²) in [6.07, 6.45) is 3.58. The second-order valence-corrected chi connectivity index (χ2v) is 3.11. The van der Waals surface area contributed by atoms with E-state index in [4.69, 9.17) is 4.74 Å². The topological polar surface area (TPSA) is 47.0 Å². The van der Waals surface area contributed by atoms with Gasteiger partial charge in [0.15, 0.2) is 0 Å². The van der Waals surface area contributed by atoms with Gasteiger partial charge in [0.05, 0.1) is 0 Å². The Morgan fingerprint density at radius 2 is 2.33 bits per heavy atom. The lowest BCUT2D eigenvalue weighted by atomic mass is 10.3. The van der Waals surface area contributed by atoms with E-state index in [1.54, 1.807) is 12.1 Å². The lowest BCUT2D eigenvalue weighted by Gasteiger charge is -2.07. The van der Waals surface area contributed by atoms with Crippen molar-refractivity contribution in [1.82, 2.24) is 9.97 Å². The molecule has 0 bridgehead atoms. The van der Waals surface area contributed by atoms with Gasteiger partial charge in [0.2, 0.25) is 5.88 Å². The van der Waals surface area contributed by atoms with Crippen LogP contribution in [-0.2, 0) is 6.42 Å². The maximum atomic E-state index is 5.38. The molecule has 0 atom stereocenters. The van der Waals surface area contributed by atoms with E-state index in [1.807, 2.05) is 7.05 Å². The molecule has 0 saturated carbocycles. The molecule has 0 fully saturated rings. The van der Waals surface area contributed by atoms with Crippen molar-refractivity contribution in [1.29, 1.82) is 0 Å². The van der Waals surface area contributed by atoms with E-state index in [0.717, 1.165) is 24.5 Å². The van der Waals surface area contributed by atoms with E-state index in [1.165, 1.54) is 0 Å². The zero-order valence-corrected chi connectivity index (χ0v) is 9.29. The second-order valence-electron chi connectivity index (χ2n) is 3.11. The van der Waals surface area contributed by atoms with Gasteiger partial charge in [-0.25, -0.2) is 4.98 Å². The molecule has 82 valence electrons. The number of rotatable bonds is 6. The van der Waals surface area contributed by atoms with Crippen molar-refractivity contribution in [3.05, 3.63) is 24.5 Å². The van der Waals surface area contributed by atoms with Gasteiger partial charge >= 0.3 is 0 Å². The largest absolute Gasteiger partial charge is 0.473 e. The van der Waals surface area contributed by atoms with Gasteiger partial charge in [-0.3, -0.25) is 0 Å². The lowest BCUT2D eigenvalue weighted by molar-refractivity contribution is 0.346. The van der Waals surface area contributed by atoms with Crippen molar-refractivity contribution in [2.75, 3.05) is 19.0 Å². The summed E-state index contributed by atoms with van der Waals surface area (Å²) >= 11 is 0. The molecule has 1 heterocycles. The van der Waals surface area contributed by atoms with Crippen molar-refractivity contribution < 1.29 is 4.74 Å². The second kappa shape index (κ2) is 6.01. The van der Waals surface area contributed by atoms with E-state index < -0.39 is 0 Å². The van der Waals surface area contributed by atoms with Crippen LogP contribution >= 0.6 is 0 Å². The van der Waals surface area contributed by atoms with Crippen LogP contribution in [0.5, 0.6) is 5.88 Å². The number of anilines is 1. The van der Waals surface area contributed by atoms with Crippen molar-refractivity contribution in [3.63, 3.8) is 0 Å². The Morgan fingerprint density at radius 3 is 2.93 bits per heavy atom. The van der Waals surface area contributed by atoms with E-state index in [9.17, 15) is 0 Å². The highest BCUT2D eigenvalue weighted by Crippen LogP contribution is 2.13. The monoisotopic (exact) mass is 207 g/mol. The molecule has 0 aromatic carbocycles. The Labute approximate surface area is 90.4 Å². The van der Waals surface area contributed by atoms with Gasteiger partial charge in [0.25, 0.3) is 0 Å². The van der Waals surface area contributed by atoms with Gasteiger partial charge in [-0.05, 0) is 6.42 Å². The Bertz CT molecular complexity index is 326. The van der Waals surface area contributed by atoms with Crippen LogP contribution < -0.4 is 10.1 Å². The van der Waals surface area contributed by atoms with Crippen molar-refractivity contribution in [3.8, 4) is 5.88 Å². The number of ether oxygens (including phenoxy) is 1. The maximum absolute atomic E-state index is 5.38. The highest BCUT2D eigenvalue weighted by Gasteiger charge is 2.03. The molecular weight excluding hydrogens is 190 g/mol. The molecule has 4 nitrogen and oxygen atoms in total. The number of hydrogen-bond acceptors (Lipinski definition) is 4. The SMILES string of the molecule is C=CCOc1cc(NC)nc(CCC)n1. The lowest BCUT2D eigenvalue weighted by Crippen LogP contribution is -2.03. The molecule has 1 N–H and O–H groups in total. The summed E-state index contributed by atoms with van der Waals surface area (Å²) in [6.45, 7) is 6.15. The molecule has 0 aliphatic rings. The predicted molar refractivity (Wildman–Crippen MR) is 61.3 cm³/mol. The van der Waals surface area contributed by atoms with Crippen LogP contribution in [0.2, 0.25) is 0 Å². The molecule has 0 spiro atoms. The highest BCUT2D eigenvalue weighted by atomic mass is 16.5. The summed E-state index contributed by atoms with van der Waals surface area (Å²) in [5, 5.41) is 2.99. The van der Waals surface area contributed by atoms with Crippen LogP contribution in [0.1, 0.15) is 19.2 Å². The van der Waals surface area contributed by atoms with Crippen LogP contribution in [-0.4, -0.2) is 23.6 Å². The molecule has 0 aliphatic heterocycles. The number of aromatic nitrogens is 2. The van der Waals surface area contributed by atoms with E-state index in [2.05, 4.69) is 28.8 Å². The first-order valence-electron chi connectivity index (χ1n) is 5.09. The van der Waals surface area contributed by atoms with Gasteiger partial charge in [0.1, 0.15) is 18.2 Å². The molecule has 0 unspecified atom stereocenters. The third kappa shape index (κ3) is 3.58. The summed E-state index contributed by atoms with van der Waals surface area (Å²) in [7, 11) is 1.83. The first kappa shape index (κ1) is 11.5. The fourth-order valence-corrected chi connectivity index (χ4v) is 1.15. The summed E-state index contributed by atoms with van der Waals surface area (Å²) in [5.41, 5.74) is 0. The minimum atomic E-state index is 0.464. The van der Waals surface area contributed by atoms with Crippen molar-refractivity contribution in [2.24, 2.45) is 0 Å². The van der Waals surface area contributed by atoms with Crippen LogP contribution in [0, 0.1) is 0 Å². The van der Waals surface area contributed by atoms with Gasteiger partial charge in [-0.2, -0.15) is 4.98 Å². The fourth-order valence-electron chi connectivity index (χ4n) is 1.15. The van der Waals surface area contributed by atoms with Crippen LogP contribution in [0.25, 0.3) is 0 Å². The van der Waals surface area contributed by atoms with Gasteiger partial charge in [-0.15, -0.1) is 0 Å². The zero-order valence-electron chi connectivity index (χ0n) is 9.29. The summed E-state index contributed by atoms with van der Waals surface area (Å²) < 4.78 is 5.38. The Balaban J connectivity index is 2.84. The van der Waals surface area contributed by atoms with Crippen LogP contribution in [0.3, 0.4) is 0 Å². The van der Waals surface area contributed by atoms with Gasteiger partial charge in [-0.1, -0.05) is 19.6 Å². The molecule has 0 saturated heterocycles. The molecule has 0 radical (unpaired) electrons. The minimum absolute atomic E-state index is 0.464. The quantitative estimate of drug-likeness (QED) is 0.725. The number of nitrogens with one attached hydrogen (secondary N) is 1. The first-order chi connectivity index (χ1) is 7.30. The maximum Gasteiger partial charge on any atom is 0.219 e. The van der Waals surface area contributed by atoms with Gasteiger partial charge in [0, 0.05) is 19.5 Å². The smallest absolute Gasteiger partial charge is 0.219 e. The van der Waals surface area contributed by atoms with Crippen molar-refractivity contribution >= 4 is 5.82 Å². The number of hydrogen-bond donors (Lipinski definition) is 1. The summed E-state index contributed by atoms with van der Waals surface area (Å²) in [6, 6.07) is 1.78. The Kier molecular flexibility index (Phi) is 4.60.